The van der Waals surface area contributed by atoms with Crippen LogP contribution in [0.25, 0.3) is 21.7 Å². The summed E-state index contributed by atoms with van der Waals surface area (Å²) in [4.78, 5) is 20.7. The van der Waals surface area contributed by atoms with Gasteiger partial charge >= 0.3 is 0 Å². The molecule has 0 aliphatic carbocycles. The number of aliphatic hydroxyl groups excluding tert-OH is 1. The SMILES string of the molecule is O=c1c2cc(Cc3cccc(N4CCOCC4)c3)c3ccccc3c2ncn1[C@H]1CCOC[C@@H]1O. The zero-order valence-electron chi connectivity index (χ0n) is 19.6. The molecule has 6 rings (SSSR count). The van der Waals surface area contributed by atoms with E-state index in [4.69, 9.17) is 14.5 Å². The van der Waals surface area contributed by atoms with Crippen molar-refractivity contribution < 1.29 is 14.6 Å². The maximum Gasteiger partial charge on any atom is 0.261 e. The Morgan fingerprint density at radius 1 is 0.943 bits per heavy atom. The van der Waals surface area contributed by atoms with E-state index >= 15 is 0 Å². The second kappa shape index (κ2) is 9.41. The Bertz CT molecular complexity index is 1430. The van der Waals surface area contributed by atoms with Crippen molar-refractivity contribution in [3.8, 4) is 0 Å². The maximum atomic E-state index is 13.6. The lowest BCUT2D eigenvalue weighted by atomic mass is 9.95. The molecule has 1 N–H and O–H groups in total. The predicted octanol–water partition coefficient (Wildman–Crippen LogP) is 3.30. The smallest absolute Gasteiger partial charge is 0.261 e. The highest BCUT2D eigenvalue weighted by atomic mass is 16.5. The van der Waals surface area contributed by atoms with Gasteiger partial charge in [0.1, 0.15) is 0 Å². The summed E-state index contributed by atoms with van der Waals surface area (Å²) in [6.07, 6.45) is 2.16. The van der Waals surface area contributed by atoms with E-state index in [1.54, 1.807) is 10.9 Å². The van der Waals surface area contributed by atoms with E-state index in [2.05, 4.69) is 35.2 Å². The van der Waals surface area contributed by atoms with Gasteiger partial charge in [-0.3, -0.25) is 9.36 Å². The zero-order chi connectivity index (χ0) is 23.8. The fraction of sp³-hybridized carbons (Fsp3) is 0.357. The number of benzene rings is 3. The monoisotopic (exact) mass is 471 g/mol. The van der Waals surface area contributed by atoms with Gasteiger partial charge in [0.2, 0.25) is 0 Å². The molecule has 4 aromatic rings. The van der Waals surface area contributed by atoms with Crippen molar-refractivity contribution in [1.82, 2.24) is 9.55 Å². The molecule has 0 amide bonds. The Kier molecular flexibility index (Phi) is 5.98. The number of hydrogen-bond acceptors (Lipinski definition) is 6. The second-order valence-corrected chi connectivity index (χ2v) is 9.38. The molecule has 3 heterocycles. The first-order valence-electron chi connectivity index (χ1n) is 12.3. The Hall–Kier alpha value is -3.26. The van der Waals surface area contributed by atoms with Crippen LogP contribution in [-0.4, -0.2) is 60.3 Å². The number of hydrogen-bond donors (Lipinski definition) is 1. The Morgan fingerprint density at radius 3 is 2.60 bits per heavy atom. The molecule has 3 aromatic carbocycles. The average molecular weight is 472 g/mol. The number of anilines is 1. The van der Waals surface area contributed by atoms with E-state index < -0.39 is 6.10 Å². The van der Waals surface area contributed by atoms with Gasteiger partial charge in [0.25, 0.3) is 5.56 Å². The van der Waals surface area contributed by atoms with Gasteiger partial charge in [0.05, 0.1) is 49.2 Å². The molecule has 0 bridgehead atoms. The van der Waals surface area contributed by atoms with Gasteiger partial charge in [-0.15, -0.1) is 0 Å². The fourth-order valence-corrected chi connectivity index (χ4v) is 5.37. The molecule has 2 saturated heterocycles. The van der Waals surface area contributed by atoms with E-state index in [1.165, 1.54) is 11.3 Å². The molecule has 2 aliphatic rings. The van der Waals surface area contributed by atoms with Crippen LogP contribution in [0.1, 0.15) is 23.6 Å². The van der Waals surface area contributed by atoms with E-state index in [-0.39, 0.29) is 18.2 Å². The van der Waals surface area contributed by atoms with Crippen LogP contribution in [0.4, 0.5) is 5.69 Å². The molecular formula is C28H29N3O4. The quantitative estimate of drug-likeness (QED) is 0.461. The van der Waals surface area contributed by atoms with Crippen LogP contribution in [0.3, 0.4) is 0 Å². The summed E-state index contributed by atoms with van der Waals surface area (Å²) in [5.41, 5.74) is 4.08. The molecule has 1 aromatic heterocycles. The first-order chi connectivity index (χ1) is 17.2. The number of nitrogens with zero attached hydrogens (tertiary/aromatic N) is 3. The molecule has 2 aliphatic heterocycles. The summed E-state index contributed by atoms with van der Waals surface area (Å²) in [5.74, 6) is 0. The summed E-state index contributed by atoms with van der Waals surface area (Å²) in [5, 5.41) is 13.1. The van der Waals surface area contributed by atoms with Gasteiger partial charge in [-0.1, -0.05) is 36.4 Å². The molecular weight excluding hydrogens is 442 g/mol. The van der Waals surface area contributed by atoms with Crippen molar-refractivity contribution in [2.45, 2.75) is 25.0 Å². The maximum absolute atomic E-state index is 13.6. The van der Waals surface area contributed by atoms with Gasteiger partial charge in [-0.25, -0.2) is 4.98 Å². The molecule has 7 nitrogen and oxygen atoms in total. The van der Waals surface area contributed by atoms with E-state index in [0.717, 1.165) is 42.6 Å². The summed E-state index contributed by atoms with van der Waals surface area (Å²) in [6, 6.07) is 18.5. The van der Waals surface area contributed by atoms with Crippen molar-refractivity contribution in [3.63, 3.8) is 0 Å². The van der Waals surface area contributed by atoms with E-state index in [0.29, 0.717) is 30.4 Å². The van der Waals surface area contributed by atoms with Crippen LogP contribution in [0.2, 0.25) is 0 Å². The number of rotatable bonds is 4. The molecule has 0 radical (unpaired) electrons. The molecule has 7 heteroatoms. The highest BCUT2D eigenvalue weighted by Crippen LogP contribution is 2.29. The molecule has 0 unspecified atom stereocenters. The highest BCUT2D eigenvalue weighted by Gasteiger charge is 2.27. The number of morpholine rings is 1. The van der Waals surface area contributed by atoms with Crippen LogP contribution in [-0.2, 0) is 15.9 Å². The largest absolute Gasteiger partial charge is 0.389 e. The van der Waals surface area contributed by atoms with Crippen molar-refractivity contribution in [2.75, 3.05) is 44.4 Å². The number of aromatic nitrogens is 2. The lowest BCUT2D eigenvalue weighted by Crippen LogP contribution is -2.39. The van der Waals surface area contributed by atoms with Crippen molar-refractivity contribution in [2.24, 2.45) is 0 Å². The lowest BCUT2D eigenvalue weighted by Gasteiger charge is -2.29. The Morgan fingerprint density at radius 2 is 1.77 bits per heavy atom. The highest BCUT2D eigenvalue weighted by molar-refractivity contribution is 6.06. The summed E-state index contributed by atoms with van der Waals surface area (Å²) < 4.78 is 12.5. The Balaban J connectivity index is 1.44. The van der Waals surface area contributed by atoms with Crippen LogP contribution >= 0.6 is 0 Å². The molecule has 0 spiro atoms. The van der Waals surface area contributed by atoms with Crippen LogP contribution in [0, 0.1) is 0 Å². The first-order valence-corrected chi connectivity index (χ1v) is 12.3. The molecule has 180 valence electrons. The van der Waals surface area contributed by atoms with E-state index in [1.807, 2.05) is 24.3 Å². The fourth-order valence-electron chi connectivity index (χ4n) is 5.37. The standard InChI is InChI=1S/C28H29N3O4/c32-26-17-35-11-8-25(26)31-18-29-27-23-7-2-1-6-22(23)20(16-24(27)28(31)33)14-19-4-3-5-21(15-19)30-9-12-34-13-10-30/h1-7,15-16,18,25-26,32H,8-14,17H2/t25-,26-/m0/s1. The zero-order valence-corrected chi connectivity index (χ0v) is 19.6. The minimum Gasteiger partial charge on any atom is -0.389 e. The third-order valence-corrected chi connectivity index (χ3v) is 7.21. The Labute approximate surface area is 203 Å². The van der Waals surface area contributed by atoms with Gasteiger partial charge in [-0.05, 0) is 47.6 Å². The van der Waals surface area contributed by atoms with Crippen LogP contribution < -0.4 is 10.5 Å². The van der Waals surface area contributed by atoms with Crippen molar-refractivity contribution in [1.29, 1.82) is 0 Å². The second-order valence-electron chi connectivity index (χ2n) is 9.38. The van der Waals surface area contributed by atoms with E-state index in [9.17, 15) is 9.90 Å². The normalized spacial score (nSPS) is 21.0. The molecule has 2 atom stereocenters. The first kappa shape index (κ1) is 22.2. The lowest BCUT2D eigenvalue weighted by molar-refractivity contribution is -0.0395. The van der Waals surface area contributed by atoms with Gasteiger partial charge in [0, 0.05) is 30.8 Å². The third kappa shape index (κ3) is 4.20. The molecule has 0 saturated carbocycles. The predicted molar refractivity (Wildman–Crippen MR) is 136 cm³/mol. The van der Waals surface area contributed by atoms with Crippen LogP contribution in [0.5, 0.6) is 0 Å². The molecule has 2 fully saturated rings. The van der Waals surface area contributed by atoms with Gasteiger partial charge < -0.3 is 19.5 Å². The van der Waals surface area contributed by atoms with Gasteiger partial charge in [-0.2, -0.15) is 0 Å². The minimum atomic E-state index is -0.719. The number of ether oxygens (including phenoxy) is 2. The molecule has 35 heavy (non-hydrogen) atoms. The summed E-state index contributed by atoms with van der Waals surface area (Å²) in [7, 11) is 0. The number of aliphatic hydroxyl groups is 1. The average Bonchev–Trinajstić information content (AvgIpc) is 2.91. The van der Waals surface area contributed by atoms with Crippen molar-refractivity contribution in [3.05, 3.63) is 82.4 Å². The van der Waals surface area contributed by atoms with Crippen LogP contribution in [0.15, 0.2) is 65.7 Å². The topological polar surface area (TPSA) is 76.8 Å². The van der Waals surface area contributed by atoms with Crippen molar-refractivity contribution >= 4 is 27.4 Å². The van der Waals surface area contributed by atoms with Gasteiger partial charge in [0.15, 0.2) is 0 Å². The minimum absolute atomic E-state index is 0.116. The summed E-state index contributed by atoms with van der Waals surface area (Å²) >= 11 is 0. The third-order valence-electron chi connectivity index (χ3n) is 7.21. The number of fused-ring (bicyclic) bond motifs is 3. The summed E-state index contributed by atoms with van der Waals surface area (Å²) in [6.45, 7) is 4.05.